The molecule has 1 aliphatic heterocycles. The first-order chi connectivity index (χ1) is 10.2. The van der Waals surface area contributed by atoms with E-state index in [4.69, 9.17) is 11.6 Å². The minimum atomic E-state index is -0.222. The SMILES string of the molecule is OC(C[NH+]1CCCCCC1)C1(c2ccc(Cl)cc2)CCC1.[Cl-]. The highest BCUT2D eigenvalue weighted by Gasteiger charge is 2.46. The Labute approximate surface area is 145 Å². The highest BCUT2D eigenvalue weighted by atomic mass is 35.5. The molecule has 1 unspecified atom stereocenters. The number of aliphatic hydroxyl groups is 1. The van der Waals surface area contributed by atoms with Crippen LogP contribution < -0.4 is 17.3 Å². The molecule has 0 aromatic heterocycles. The van der Waals surface area contributed by atoms with Crippen LogP contribution in [0.3, 0.4) is 0 Å². The number of hydrogen-bond donors (Lipinski definition) is 2. The van der Waals surface area contributed by atoms with E-state index in [-0.39, 0.29) is 23.9 Å². The molecule has 0 spiro atoms. The molecule has 2 fully saturated rings. The molecular weight excluding hydrogens is 317 g/mol. The van der Waals surface area contributed by atoms with Crippen LogP contribution in [0, 0.1) is 0 Å². The summed E-state index contributed by atoms with van der Waals surface area (Å²) in [7, 11) is 0. The molecule has 1 aliphatic carbocycles. The first-order valence-electron chi connectivity index (χ1n) is 8.48. The van der Waals surface area contributed by atoms with Gasteiger partial charge in [-0.15, -0.1) is 0 Å². The van der Waals surface area contributed by atoms with Crippen LogP contribution in [-0.4, -0.2) is 30.8 Å². The molecule has 3 rings (SSSR count). The average molecular weight is 344 g/mol. The molecule has 2 nitrogen and oxygen atoms in total. The standard InChI is InChI=1S/C18H26ClNO.ClH/c19-16-8-6-15(7-9-16)18(10-5-11-18)17(21)14-20-12-3-1-2-4-13-20;/h6-9,17,21H,1-5,10-14H2;1H. The van der Waals surface area contributed by atoms with E-state index in [9.17, 15) is 5.11 Å². The third-order valence-electron chi connectivity index (χ3n) is 5.60. The summed E-state index contributed by atoms with van der Waals surface area (Å²) in [5, 5.41) is 11.7. The molecule has 4 heteroatoms. The van der Waals surface area contributed by atoms with Gasteiger partial charge in [-0.3, -0.25) is 0 Å². The zero-order chi connectivity index (χ0) is 14.7. The highest BCUT2D eigenvalue weighted by molar-refractivity contribution is 6.30. The molecule has 1 heterocycles. The molecule has 0 bridgehead atoms. The summed E-state index contributed by atoms with van der Waals surface area (Å²) in [5.41, 5.74) is 1.27. The zero-order valence-corrected chi connectivity index (χ0v) is 14.7. The summed E-state index contributed by atoms with van der Waals surface area (Å²) < 4.78 is 0. The summed E-state index contributed by atoms with van der Waals surface area (Å²) in [6.45, 7) is 3.37. The van der Waals surface area contributed by atoms with Crippen LogP contribution in [0.2, 0.25) is 5.02 Å². The smallest absolute Gasteiger partial charge is 0.112 e. The zero-order valence-electron chi connectivity index (χ0n) is 13.2. The van der Waals surface area contributed by atoms with Crippen molar-refractivity contribution in [3.8, 4) is 0 Å². The largest absolute Gasteiger partial charge is 1.00 e. The maximum Gasteiger partial charge on any atom is 0.112 e. The predicted octanol–water partition coefficient (Wildman–Crippen LogP) is -0.414. The Morgan fingerprint density at radius 3 is 2.09 bits per heavy atom. The second-order valence-electron chi connectivity index (χ2n) is 6.90. The van der Waals surface area contributed by atoms with Gasteiger partial charge in [-0.25, -0.2) is 0 Å². The van der Waals surface area contributed by atoms with Crippen molar-refractivity contribution in [3.63, 3.8) is 0 Å². The quantitative estimate of drug-likeness (QED) is 0.763. The molecule has 1 atom stereocenters. The summed E-state index contributed by atoms with van der Waals surface area (Å²) in [4.78, 5) is 1.60. The fraction of sp³-hybridized carbons (Fsp3) is 0.667. The Balaban J connectivity index is 0.00000176. The maximum atomic E-state index is 10.9. The van der Waals surface area contributed by atoms with E-state index in [1.807, 2.05) is 12.1 Å². The Bertz CT molecular complexity index is 451. The van der Waals surface area contributed by atoms with Crippen molar-refractivity contribution in [1.29, 1.82) is 0 Å². The Hall–Kier alpha value is -0.280. The minimum Gasteiger partial charge on any atom is -1.00 e. The van der Waals surface area contributed by atoms with Gasteiger partial charge >= 0.3 is 0 Å². The van der Waals surface area contributed by atoms with Crippen molar-refractivity contribution in [3.05, 3.63) is 34.9 Å². The second-order valence-corrected chi connectivity index (χ2v) is 7.34. The van der Waals surface area contributed by atoms with Gasteiger partial charge in [0.1, 0.15) is 12.6 Å². The fourth-order valence-electron chi connectivity index (χ4n) is 4.06. The van der Waals surface area contributed by atoms with Gasteiger partial charge in [-0.1, -0.05) is 30.2 Å². The van der Waals surface area contributed by atoms with E-state index in [0.717, 1.165) is 24.4 Å². The first kappa shape index (κ1) is 18.1. The molecule has 22 heavy (non-hydrogen) atoms. The van der Waals surface area contributed by atoms with E-state index in [1.54, 1.807) is 4.90 Å². The first-order valence-corrected chi connectivity index (χ1v) is 8.86. The van der Waals surface area contributed by atoms with Crippen molar-refractivity contribution in [1.82, 2.24) is 0 Å². The van der Waals surface area contributed by atoms with Crippen molar-refractivity contribution in [2.24, 2.45) is 0 Å². The average Bonchev–Trinajstić information content (AvgIpc) is 2.68. The van der Waals surface area contributed by atoms with E-state index in [1.165, 1.54) is 50.8 Å². The number of hydrogen-bond acceptors (Lipinski definition) is 1. The molecule has 1 aromatic carbocycles. The molecule has 1 saturated carbocycles. The number of nitrogens with one attached hydrogen (secondary N) is 1. The molecular formula is C18H27Cl2NO. The van der Waals surface area contributed by atoms with E-state index in [0.29, 0.717) is 0 Å². The monoisotopic (exact) mass is 343 g/mol. The minimum absolute atomic E-state index is 0. The molecule has 124 valence electrons. The number of rotatable bonds is 4. The lowest BCUT2D eigenvalue weighted by Crippen LogP contribution is -3.13. The lowest BCUT2D eigenvalue weighted by Gasteiger charge is -2.46. The third kappa shape index (κ3) is 3.79. The Kier molecular flexibility index (Phi) is 6.58. The van der Waals surface area contributed by atoms with Crippen molar-refractivity contribution in [2.75, 3.05) is 19.6 Å². The fourth-order valence-corrected chi connectivity index (χ4v) is 4.18. The van der Waals surface area contributed by atoms with Crippen LogP contribution >= 0.6 is 11.6 Å². The van der Waals surface area contributed by atoms with Crippen molar-refractivity contribution in [2.45, 2.75) is 56.5 Å². The van der Waals surface area contributed by atoms with E-state index in [2.05, 4.69) is 12.1 Å². The van der Waals surface area contributed by atoms with Gasteiger partial charge in [0.2, 0.25) is 0 Å². The lowest BCUT2D eigenvalue weighted by molar-refractivity contribution is -0.903. The number of quaternary nitrogens is 1. The predicted molar refractivity (Wildman–Crippen MR) is 87.0 cm³/mol. The molecule has 1 saturated heterocycles. The topological polar surface area (TPSA) is 24.7 Å². The lowest BCUT2D eigenvalue weighted by atomic mass is 9.61. The van der Waals surface area contributed by atoms with Crippen LogP contribution in [0.4, 0.5) is 0 Å². The van der Waals surface area contributed by atoms with E-state index < -0.39 is 0 Å². The maximum absolute atomic E-state index is 10.9. The summed E-state index contributed by atoms with van der Waals surface area (Å²) in [6.07, 6.45) is 8.59. The molecule has 0 amide bonds. The normalized spacial score (nSPS) is 23.0. The van der Waals surface area contributed by atoms with Gasteiger partial charge in [0.25, 0.3) is 0 Å². The van der Waals surface area contributed by atoms with Crippen LogP contribution in [-0.2, 0) is 5.41 Å². The second kappa shape index (κ2) is 8.01. The van der Waals surface area contributed by atoms with Crippen molar-refractivity contribution < 1.29 is 22.4 Å². The molecule has 0 radical (unpaired) electrons. The molecule has 1 aromatic rings. The molecule has 2 N–H and O–H groups in total. The third-order valence-corrected chi connectivity index (χ3v) is 5.85. The van der Waals surface area contributed by atoms with Gasteiger partial charge in [0, 0.05) is 10.4 Å². The highest BCUT2D eigenvalue weighted by Crippen LogP contribution is 2.46. The van der Waals surface area contributed by atoms with Crippen molar-refractivity contribution >= 4 is 11.6 Å². The number of likely N-dealkylation sites (tertiary alicyclic amines) is 1. The molecule has 2 aliphatic rings. The number of aliphatic hydroxyl groups excluding tert-OH is 1. The number of halogens is 2. The summed E-state index contributed by atoms with van der Waals surface area (Å²) in [6, 6.07) is 8.15. The van der Waals surface area contributed by atoms with Crippen LogP contribution in [0.25, 0.3) is 0 Å². The number of benzene rings is 1. The summed E-state index contributed by atoms with van der Waals surface area (Å²) >= 11 is 6.01. The van der Waals surface area contributed by atoms with Gasteiger partial charge in [-0.05, 0) is 56.2 Å². The van der Waals surface area contributed by atoms with Crippen LogP contribution in [0.15, 0.2) is 24.3 Å². The van der Waals surface area contributed by atoms with Gasteiger partial charge in [-0.2, -0.15) is 0 Å². The van der Waals surface area contributed by atoms with Gasteiger partial charge in [0.15, 0.2) is 0 Å². The van der Waals surface area contributed by atoms with Gasteiger partial charge < -0.3 is 22.4 Å². The van der Waals surface area contributed by atoms with Crippen LogP contribution in [0.1, 0.15) is 50.5 Å². The summed E-state index contributed by atoms with van der Waals surface area (Å²) in [5.74, 6) is 0. The van der Waals surface area contributed by atoms with E-state index >= 15 is 0 Å². The van der Waals surface area contributed by atoms with Gasteiger partial charge in [0.05, 0.1) is 13.1 Å². The Morgan fingerprint density at radius 2 is 1.59 bits per heavy atom. The van der Waals surface area contributed by atoms with Crippen LogP contribution in [0.5, 0.6) is 0 Å². The Morgan fingerprint density at radius 1 is 1.00 bits per heavy atom.